The number of aromatic nitrogens is 2. The van der Waals surface area contributed by atoms with Crippen molar-refractivity contribution in [2.45, 2.75) is 0 Å². The van der Waals surface area contributed by atoms with E-state index in [2.05, 4.69) is 10.4 Å². The molecule has 7 nitrogen and oxygen atoms in total. The molecule has 1 amide bonds. The van der Waals surface area contributed by atoms with E-state index in [1.54, 1.807) is 24.3 Å². The summed E-state index contributed by atoms with van der Waals surface area (Å²) in [6, 6.07) is 6.77. The van der Waals surface area contributed by atoms with Gasteiger partial charge in [0, 0.05) is 18.8 Å². The molecule has 0 spiro atoms. The van der Waals surface area contributed by atoms with Crippen LogP contribution in [0.3, 0.4) is 0 Å². The maximum absolute atomic E-state index is 12.1. The zero-order valence-electron chi connectivity index (χ0n) is 11.0. The van der Waals surface area contributed by atoms with Gasteiger partial charge in [-0.25, -0.2) is 4.79 Å². The van der Waals surface area contributed by atoms with Crippen LogP contribution in [0.1, 0.15) is 20.8 Å². The number of aryl methyl sites for hydroxylation is 1. The SMILES string of the molecule is COc1cccc(NC(=O)c2c(C(=O)O)cnn2C)c1. The van der Waals surface area contributed by atoms with Gasteiger partial charge in [0.1, 0.15) is 17.0 Å². The van der Waals surface area contributed by atoms with Crippen molar-refractivity contribution >= 4 is 17.6 Å². The number of carbonyl (C=O) groups excluding carboxylic acids is 1. The van der Waals surface area contributed by atoms with Gasteiger partial charge in [0.15, 0.2) is 0 Å². The van der Waals surface area contributed by atoms with E-state index >= 15 is 0 Å². The molecular weight excluding hydrogens is 262 g/mol. The number of nitrogens with zero attached hydrogens (tertiary/aromatic N) is 2. The van der Waals surface area contributed by atoms with Crippen molar-refractivity contribution in [1.29, 1.82) is 0 Å². The van der Waals surface area contributed by atoms with E-state index in [1.807, 2.05) is 0 Å². The second-order valence-electron chi connectivity index (χ2n) is 4.02. The van der Waals surface area contributed by atoms with Crippen LogP contribution >= 0.6 is 0 Å². The third kappa shape index (κ3) is 2.61. The number of ether oxygens (including phenoxy) is 1. The van der Waals surface area contributed by atoms with E-state index in [9.17, 15) is 9.59 Å². The van der Waals surface area contributed by atoms with Crippen molar-refractivity contribution in [2.75, 3.05) is 12.4 Å². The number of benzene rings is 1. The van der Waals surface area contributed by atoms with Gasteiger partial charge >= 0.3 is 5.97 Å². The Morgan fingerprint density at radius 1 is 1.40 bits per heavy atom. The Balaban J connectivity index is 2.28. The Morgan fingerprint density at radius 2 is 2.15 bits per heavy atom. The molecule has 0 saturated heterocycles. The van der Waals surface area contributed by atoms with Crippen LogP contribution in [-0.2, 0) is 7.05 Å². The first-order valence-electron chi connectivity index (χ1n) is 5.73. The fraction of sp³-hybridized carbons (Fsp3) is 0.154. The molecule has 1 heterocycles. The van der Waals surface area contributed by atoms with Crippen LogP contribution in [0.15, 0.2) is 30.5 Å². The number of amides is 1. The molecule has 0 unspecified atom stereocenters. The molecule has 0 fully saturated rings. The minimum absolute atomic E-state index is 0.0136. The summed E-state index contributed by atoms with van der Waals surface area (Å²) in [5, 5.41) is 15.4. The summed E-state index contributed by atoms with van der Waals surface area (Å²) in [5.74, 6) is -1.16. The van der Waals surface area contributed by atoms with Crippen LogP contribution in [0.2, 0.25) is 0 Å². The molecule has 0 atom stereocenters. The number of rotatable bonds is 4. The standard InChI is InChI=1S/C13H13N3O4/c1-16-11(10(7-14-16)13(18)19)12(17)15-8-4-3-5-9(6-8)20-2/h3-7H,1-2H3,(H,15,17)(H,18,19). The quantitative estimate of drug-likeness (QED) is 0.879. The summed E-state index contributed by atoms with van der Waals surface area (Å²) >= 11 is 0. The Bertz CT molecular complexity index is 663. The van der Waals surface area contributed by atoms with Crippen molar-refractivity contribution in [3.05, 3.63) is 41.7 Å². The number of carboxylic acid groups (broad SMARTS) is 1. The van der Waals surface area contributed by atoms with Gasteiger partial charge < -0.3 is 15.2 Å². The van der Waals surface area contributed by atoms with Gasteiger partial charge in [-0.2, -0.15) is 5.10 Å². The van der Waals surface area contributed by atoms with E-state index in [1.165, 1.54) is 18.8 Å². The Morgan fingerprint density at radius 3 is 2.80 bits per heavy atom. The fourth-order valence-corrected chi connectivity index (χ4v) is 1.75. The van der Waals surface area contributed by atoms with E-state index in [4.69, 9.17) is 9.84 Å². The smallest absolute Gasteiger partial charge is 0.339 e. The van der Waals surface area contributed by atoms with Crippen LogP contribution in [0.5, 0.6) is 5.75 Å². The zero-order chi connectivity index (χ0) is 14.7. The predicted molar refractivity (Wildman–Crippen MR) is 71.1 cm³/mol. The van der Waals surface area contributed by atoms with Crippen LogP contribution in [0, 0.1) is 0 Å². The Hall–Kier alpha value is -2.83. The summed E-state index contributed by atoms with van der Waals surface area (Å²) in [5.41, 5.74) is 0.347. The molecule has 0 aliphatic rings. The topological polar surface area (TPSA) is 93.4 Å². The van der Waals surface area contributed by atoms with E-state index < -0.39 is 11.9 Å². The number of aromatic carboxylic acids is 1. The van der Waals surface area contributed by atoms with Gasteiger partial charge in [0.2, 0.25) is 0 Å². The van der Waals surface area contributed by atoms with Crippen LogP contribution in [-0.4, -0.2) is 33.9 Å². The van der Waals surface area contributed by atoms with Crippen molar-refractivity contribution in [3.63, 3.8) is 0 Å². The molecule has 2 rings (SSSR count). The number of hydrogen-bond acceptors (Lipinski definition) is 4. The van der Waals surface area contributed by atoms with Crippen molar-refractivity contribution in [2.24, 2.45) is 7.05 Å². The Kier molecular flexibility index (Phi) is 3.69. The first-order valence-corrected chi connectivity index (χ1v) is 5.73. The summed E-state index contributed by atoms with van der Waals surface area (Å²) in [6.45, 7) is 0. The zero-order valence-corrected chi connectivity index (χ0v) is 11.0. The average Bonchev–Trinajstić information content (AvgIpc) is 2.81. The lowest BCUT2D eigenvalue weighted by Gasteiger charge is -2.08. The van der Waals surface area contributed by atoms with Crippen molar-refractivity contribution in [1.82, 2.24) is 9.78 Å². The van der Waals surface area contributed by atoms with Gasteiger partial charge in [-0.3, -0.25) is 9.48 Å². The van der Waals surface area contributed by atoms with E-state index in [-0.39, 0.29) is 11.3 Å². The lowest BCUT2D eigenvalue weighted by atomic mass is 10.2. The van der Waals surface area contributed by atoms with Crippen molar-refractivity contribution in [3.8, 4) is 5.75 Å². The maximum atomic E-state index is 12.1. The molecule has 0 radical (unpaired) electrons. The van der Waals surface area contributed by atoms with Gasteiger partial charge in [-0.05, 0) is 12.1 Å². The molecule has 0 bridgehead atoms. The molecule has 0 saturated carbocycles. The Labute approximate surface area is 114 Å². The highest BCUT2D eigenvalue weighted by molar-refractivity contribution is 6.09. The second-order valence-corrected chi connectivity index (χ2v) is 4.02. The van der Waals surface area contributed by atoms with Gasteiger partial charge in [-0.1, -0.05) is 6.07 Å². The number of carbonyl (C=O) groups is 2. The molecule has 1 aromatic carbocycles. The minimum atomic E-state index is -1.20. The summed E-state index contributed by atoms with van der Waals surface area (Å²) in [4.78, 5) is 23.2. The van der Waals surface area contributed by atoms with Crippen LogP contribution in [0.25, 0.3) is 0 Å². The van der Waals surface area contributed by atoms with Gasteiger partial charge in [0.25, 0.3) is 5.91 Å². The predicted octanol–water partition coefficient (Wildman–Crippen LogP) is 1.38. The first kappa shape index (κ1) is 13.6. The highest BCUT2D eigenvalue weighted by Crippen LogP contribution is 2.18. The third-order valence-corrected chi connectivity index (χ3v) is 2.71. The third-order valence-electron chi connectivity index (χ3n) is 2.71. The lowest BCUT2D eigenvalue weighted by Crippen LogP contribution is -2.19. The minimum Gasteiger partial charge on any atom is -0.497 e. The summed E-state index contributed by atoms with van der Waals surface area (Å²) < 4.78 is 6.27. The molecule has 20 heavy (non-hydrogen) atoms. The number of carboxylic acids is 1. The lowest BCUT2D eigenvalue weighted by molar-refractivity contribution is 0.0692. The number of anilines is 1. The highest BCUT2D eigenvalue weighted by atomic mass is 16.5. The molecule has 2 N–H and O–H groups in total. The van der Waals surface area contributed by atoms with Crippen LogP contribution < -0.4 is 10.1 Å². The van der Waals surface area contributed by atoms with E-state index in [0.717, 1.165) is 6.20 Å². The molecule has 1 aromatic heterocycles. The number of methoxy groups -OCH3 is 1. The fourth-order valence-electron chi connectivity index (χ4n) is 1.75. The molecule has 0 aliphatic carbocycles. The molecule has 7 heteroatoms. The molecule has 0 aliphatic heterocycles. The normalized spacial score (nSPS) is 10.1. The van der Waals surface area contributed by atoms with Crippen molar-refractivity contribution < 1.29 is 19.4 Å². The number of nitrogens with one attached hydrogen (secondary N) is 1. The van der Waals surface area contributed by atoms with Gasteiger partial charge in [0.05, 0.1) is 13.3 Å². The number of hydrogen-bond donors (Lipinski definition) is 2. The second kappa shape index (κ2) is 5.43. The molecular formula is C13H13N3O4. The molecule has 2 aromatic rings. The summed E-state index contributed by atoms with van der Waals surface area (Å²) in [6.07, 6.45) is 1.14. The summed E-state index contributed by atoms with van der Waals surface area (Å²) in [7, 11) is 3.03. The highest BCUT2D eigenvalue weighted by Gasteiger charge is 2.21. The van der Waals surface area contributed by atoms with Crippen LogP contribution in [0.4, 0.5) is 5.69 Å². The van der Waals surface area contributed by atoms with Gasteiger partial charge in [-0.15, -0.1) is 0 Å². The average molecular weight is 275 g/mol. The molecule has 104 valence electrons. The monoisotopic (exact) mass is 275 g/mol. The first-order chi connectivity index (χ1) is 9.52. The van der Waals surface area contributed by atoms with E-state index in [0.29, 0.717) is 11.4 Å². The maximum Gasteiger partial charge on any atom is 0.339 e. The largest absolute Gasteiger partial charge is 0.497 e.